The molecule has 0 saturated carbocycles. The Morgan fingerprint density at radius 2 is 1.20 bits per heavy atom. The van der Waals surface area contributed by atoms with E-state index in [1.54, 1.807) is 0 Å². The van der Waals surface area contributed by atoms with E-state index in [1.165, 1.54) is 0 Å². The monoisotopic (exact) mass is 246 g/mol. The molecule has 0 heterocycles. The molecule has 0 unspecified atom stereocenters. The van der Waals surface area contributed by atoms with E-state index < -0.39 is 0 Å². The first-order chi connectivity index (χ1) is 1.41. The molecule has 0 atom stereocenters. The topological polar surface area (TPSA) is 9.23 Å². The maximum absolute atomic E-state index is 4.26. The molecule has 0 aromatic carbocycles. The van der Waals surface area contributed by atoms with Crippen molar-refractivity contribution in [1.82, 2.24) is 0 Å². The molecule has 0 aliphatic rings. The van der Waals surface area contributed by atoms with Gasteiger partial charge < -0.3 is 0 Å². The molecule has 0 rings (SSSR count). The summed E-state index contributed by atoms with van der Waals surface area (Å²) in [5.41, 5.74) is 0. The maximum atomic E-state index is 4.26. The molecule has 0 spiro atoms. The van der Waals surface area contributed by atoms with Gasteiger partial charge in [-0.2, -0.15) is 3.84 Å². The molecule has 0 aromatic rings. The molecule has 5 heavy (non-hydrogen) atoms. The average molecular weight is 248 g/mol. The molecule has 0 N–H and O–H groups in total. The zero-order chi connectivity index (χ0) is 2.71. The zero-order valence-electron chi connectivity index (χ0n) is 2.28. The summed E-state index contributed by atoms with van der Waals surface area (Å²) in [5.74, 6) is 0. The summed E-state index contributed by atoms with van der Waals surface area (Å²) in [4.78, 5) is 0. The Bertz CT molecular complexity index is 6.85. The summed E-state index contributed by atoms with van der Waals surface area (Å²) in [6.45, 7) is 0. The van der Waals surface area contributed by atoms with Gasteiger partial charge in [-0.3, -0.25) is 0 Å². The number of hydrogen-bond donors (Lipinski definition) is 0. The van der Waals surface area contributed by atoms with Gasteiger partial charge in [0.2, 0.25) is 0 Å². The third kappa shape index (κ3) is 27.7. The van der Waals surface area contributed by atoms with Gasteiger partial charge in [0.05, 0.1) is 23.7 Å². The second-order valence-corrected chi connectivity index (χ2v) is 0.525. The van der Waals surface area contributed by atoms with E-state index in [4.69, 9.17) is 0 Å². The first-order valence-corrected chi connectivity index (χ1v) is 0.926. The van der Waals surface area contributed by atoms with Gasteiger partial charge in [-0.25, -0.2) is 0 Å². The molecule has 1 nitrogen and oxygen atoms in total. The second kappa shape index (κ2) is 17.4. The van der Waals surface area contributed by atoms with Gasteiger partial charge in [0.25, 0.3) is 0 Å². The van der Waals surface area contributed by atoms with Crippen LogP contribution in [0.15, 0.2) is 0 Å². The molecule has 0 bridgehead atoms. The molecule has 0 aliphatic heterocycles. The van der Waals surface area contributed by atoms with E-state index in [1.807, 2.05) is 0 Å². The van der Waals surface area contributed by atoms with Crippen molar-refractivity contribution >= 4 is 60.6 Å². The summed E-state index contributed by atoms with van der Waals surface area (Å²) >= 11 is 8.53. The fourth-order valence-corrected chi connectivity index (χ4v) is 0. The third-order valence-electron chi connectivity index (χ3n) is 0. The predicted molar refractivity (Wildman–Crippen MR) is 30.0 cm³/mol. The summed E-state index contributed by atoms with van der Waals surface area (Å²) < 4.78 is 3.19. The molecule has 0 saturated heterocycles. The van der Waals surface area contributed by atoms with Crippen LogP contribution in [-0.4, -0.2) is 24.4 Å². The SMILES string of the molecule is Cl.ClOCl.[SbH3]. The van der Waals surface area contributed by atoms with Gasteiger partial charge in [-0.15, -0.1) is 12.4 Å². The van der Waals surface area contributed by atoms with Gasteiger partial charge in [-0.1, -0.05) is 0 Å². The quantitative estimate of drug-likeness (QED) is 0.569. The molecule has 0 amide bonds. The van der Waals surface area contributed by atoms with E-state index in [0.717, 1.165) is 0 Å². The van der Waals surface area contributed by atoms with Crippen molar-refractivity contribution < 1.29 is 3.84 Å². The van der Waals surface area contributed by atoms with E-state index in [0.29, 0.717) is 0 Å². The van der Waals surface area contributed by atoms with Crippen LogP contribution in [0.3, 0.4) is 0 Å². The van der Waals surface area contributed by atoms with E-state index in [9.17, 15) is 0 Å². The Morgan fingerprint density at radius 1 is 1.20 bits per heavy atom. The van der Waals surface area contributed by atoms with E-state index >= 15 is 0 Å². The summed E-state index contributed by atoms with van der Waals surface area (Å²) in [7, 11) is 0. The third-order valence-corrected chi connectivity index (χ3v) is 0. The first-order valence-electron chi connectivity index (χ1n) is 0.309. The van der Waals surface area contributed by atoms with Gasteiger partial charge >= 0.3 is 24.4 Å². The van der Waals surface area contributed by atoms with Crippen LogP contribution < -0.4 is 0 Å². The molecule has 0 aliphatic carbocycles. The Kier molecular flexibility index (Phi) is 55.5. The van der Waals surface area contributed by atoms with Crippen molar-refractivity contribution in [2.75, 3.05) is 0 Å². The van der Waals surface area contributed by atoms with Crippen molar-refractivity contribution in [2.45, 2.75) is 0 Å². The van der Waals surface area contributed by atoms with Crippen LogP contribution in [-0.2, 0) is 3.84 Å². The standard InChI is InChI=1S/Cl2O.ClH.Sb.3H/c1-3-2;;;;;/h;1H;;;;. The molecule has 0 fully saturated rings. The van der Waals surface area contributed by atoms with Gasteiger partial charge in [0.1, 0.15) is 0 Å². The first kappa shape index (κ1) is 15.9. The van der Waals surface area contributed by atoms with E-state index in [2.05, 4.69) is 27.6 Å². The minimum atomic E-state index is 0. The summed E-state index contributed by atoms with van der Waals surface area (Å²) in [5, 5.41) is 0. The molecule has 36 valence electrons. The predicted octanol–water partition coefficient (Wildman–Crippen LogP) is 0.548. The summed E-state index contributed by atoms with van der Waals surface area (Å²) in [6.07, 6.45) is 0. The second-order valence-electron chi connectivity index (χ2n) is 0.0583. The van der Waals surface area contributed by atoms with E-state index in [-0.39, 0.29) is 36.8 Å². The van der Waals surface area contributed by atoms with Crippen molar-refractivity contribution in [1.29, 1.82) is 0 Å². The molecular weight excluding hydrogens is 244 g/mol. The van der Waals surface area contributed by atoms with Gasteiger partial charge in [-0.05, 0) is 0 Å². The van der Waals surface area contributed by atoms with Crippen LogP contribution in [0.1, 0.15) is 0 Å². The van der Waals surface area contributed by atoms with Gasteiger partial charge in [0.15, 0.2) is 0 Å². The van der Waals surface area contributed by atoms with Crippen LogP contribution >= 0.6 is 36.1 Å². The molecule has 0 radical (unpaired) electrons. The Hall–Kier alpha value is 1.65. The Morgan fingerprint density at radius 3 is 1.20 bits per heavy atom. The Labute approximate surface area is 64.2 Å². The zero-order valence-corrected chi connectivity index (χ0v) is 8.64. The summed E-state index contributed by atoms with van der Waals surface area (Å²) in [6, 6.07) is 0. The number of rotatable bonds is 0. The van der Waals surface area contributed by atoms with Crippen LogP contribution in [0.4, 0.5) is 0 Å². The van der Waals surface area contributed by atoms with Crippen molar-refractivity contribution in [3.8, 4) is 0 Å². The molecular formula is H4Cl3OSb. The van der Waals surface area contributed by atoms with Crippen LogP contribution in [0, 0.1) is 0 Å². The fraction of sp³-hybridized carbons (Fsp3) is 0. The molecule has 5 heteroatoms. The fourth-order valence-electron chi connectivity index (χ4n) is 0. The van der Waals surface area contributed by atoms with Gasteiger partial charge in [0, 0.05) is 0 Å². The van der Waals surface area contributed by atoms with Crippen LogP contribution in [0.25, 0.3) is 0 Å². The molecule has 0 aromatic heterocycles. The average Bonchev–Trinajstić information content (AvgIpc) is 0.918. The number of hydrogen-bond acceptors (Lipinski definition) is 1. The minimum absolute atomic E-state index is 0. The van der Waals surface area contributed by atoms with Crippen LogP contribution in [0.2, 0.25) is 0 Å². The van der Waals surface area contributed by atoms with Crippen molar-refractivity contribution in [3.05, 3.63) is 0 Å². The number of halogens is 3. The van der Waals surface area contributed by atoms with Crippen molar-refractivity contribution in [2.24, 2.45) is 0 Å². The van der Waals surface area contributed by atoms with Crippen molar-refractivity contribution in [3.63, 3.8) is 0 Å². The Balaban J connectivity index is -0.0000000200. The normalized spacial score (nSPS) is 3.60. The van der Waals surface area contributed by atoms with Crippen LogP contribution in [0.5, 0.6) is 0 Å².